The van der Waals surface area contributed by atoms with Gasteiger partial charge in [-0.05, 0) is 74.2 Å². The van der Waals surface area contributed by atoms with Crippen LogP contribution in [0.3, 0.4) is 0 Å². The van der Waals surface area contributed by atoms with E-state index in [1.165, 1.54) is 43.3 Å². The summed E-state index contributed by atoms with van der Waals surface area (Å²) in [6, 6.07) is 0. The Balaban J connectivity index is 0.000000660. The van der Waals surface area contributed by atoms with Crippen LogP contribution in [0.15, 0.2) is 59.8 Å². The zero-order valence-electron chi connectivity index (χ0n) is 19.7. The first-order chi connectivity index (χ1) is 13.4. The van der Waals surface area contributed by atoms with E-state index in [9.17, 15) is 0 Å². The van der Waals surface area contributed by atoms with E-state index in [1.807, 2.05) is 27.7 Å². The highest BCUT2D eigenvalue weighted by Gasteiger charge is 2.55. The summed E-state index contributed by atoms with van der Waals surface area (Å²) in [5.74, 6) is 2.36. The van der Waals surface area contributed by atoms with Crippen molar-refractivity contribution in [1.82, 2.24) is 0 Å². The summed E-state index contributed by atoms with van der Waals surface area (Å²) in [7, 11) is 0. The molecule has 0 heteroatoms. The molecule has 2 saturated carbocycles. The largest absolute Gasteiger partial charge is 0.0996 e. The van der Waals surface area contributed by atoms with Gasteiger partial charge in [0, 0.05) is 5.41 Å². The van der Waals surface area contributed by atoms with Gasteiger partial charge in [0.15, 0.2) is 0 Å². The lowest BCUT2D eigenvalue weighted by atomic mass is 9.52. The highest BCUT2D eigenvalue weighted by molar-refractivity contribution is 5.50. The molecule has 0 aromatic heterocycles. The van der Waals surface area contributed by atoms with Crippen LogP contribution >= 0.6 is 0 Å². The van der Waals surface area contributed by atoms with Crippen molar-refractivity contribution in [3.05, 3.63) is 59.8 Å². The number of fused-ring (bicyclic) bond motifs is 5. The van der Waals surface area contributed by atoms with E-state index < -0.39 is 0 Å². The number of hydrogen-bond donors (Lipinski definition) is 0. The standard InChI is InChI=1S/C24H32.2C2H6/c1-6-17(3)20-9-10-21-19-8-7-18-15-16(2)11-13-23(18,4)22(19)12-14-24(20,21)5;2*1-2/h11-13,15,19-21H,2-3,6-10,14H2,1,4-5H3;2*1-2H3/t19?,20-,21?,23+,24-;;/m1../s1. The second kappa shape index (κ2) is 9.02. The van der Waals surface area contributed by atoms with Crippen LogP contribution in [0.5, 0.6) is 0 Å². The average molecular weight is 381 g/mol. The van der Waals surface area contributed by atoms with Crippen molar-refractivity contribution >= 4 is 0 Å². The minimum atomic E-state index is 0.158. The molecule has 28 heavy (non-hydrogen) atoms. The predicted octanol–water partition coefficient (Wildman–Crippen LogP) is 8.84. The first-order valence-corrected chi connectivity index (χ1v) is 11.9. The molecule has 2 fully saturated rings. The van der Waals surface area contributed by atoms with Crippen molar-refractivity contribution in [2.45, 2.75) is 87.0 Å². The maximum atomic E-state index is 4.43. The molecule has 4 aliphatic carbocycles. The highest BCUT2D eigenvalue weighted by atomic mass is 14.6. The number of rotatable bonds is 2. The lowest BCUT2D eigenvalue weighted by molar-refractivity contribution is 0.104. The Morgan fingerprint density at radius 3 is 2.43 bits per heavy atom. The van der Waals surface area contributed by atoms with Crippen LogP contribution in [0.2, 0.25) is 0 Å². The van der Waals surface area contributed by atoms with E-state index in [0.717, 1.165) is 24.2 Å². The molecule has 0 amide bonds. The van der Waals surface area contributed by atoms with Crippen LogP contribution < -0.4 is 0 Å². The average Bonchev–Trinajstić information content (AvgIpc) is 3.08. The molecule has 0 bridgehead atoms. The van der Waals surface area contributed by atoms with Crippen LogP contribution in [0.1, 0.15) is 87.0 Å². The predicted molar refractivity (Wildman–Crippen MR) is 126 cm³/mol. The minimum absolute atomic E-state index is 0.158. The van der Waals surface area contributed by atoms with Crippen molar-refractivity contribution in [2.24, 2.45) is 28.6 Å². The van der Waals surface area contributed by atoms with E-state index in [4.69, 9.17) is 0 Å². The molecular weight excluding hydrogens is 336 g/mol. The summed E-state index contributed by atoms with van der Waals surface area (Å²) in [5, 5.41) is 0. The van der Waals surface area contributed by atoms with Crippen molar-refractivity contribution in [3.8, 4) is 0 Å². The van der Waals surface area contributed by atoms with Crippen molar-refractivity contribution in [1.29, 1.82) is 0 Å². The summed E-state index contributed by atoms with van der Waals surface area (Å²) in [5.41, 5.74) is 6.57. The van der Waals surface area contributed by atoms with Gasteiger partial charge < -0.3 is 0 Å². The van der Waals surface area contributed by atoms with Gasteiger partial charge in [-0.2, -0.15) is 0 Å². The Labute approximate surface area is 175 Å². The molecule has 0 spiro atoms. The van der Waals surface area contributed by atoms with E-state index >= 15 is 0 Å². The third-order valence-corrected chi connectivity index (χ3v) is 7.99. The summed E-state index contributed by atoms with van der Waals surface area (Å²) >= 11 is 0. The van der Waals surface area contributed by atoms with Crippen molar-refractivity contribution in [3.63, 3.8) is 0 Å². The molecule has 0 nitrogen and oxygen atoms in total. The van der Waals surface area contributed by atoms with Crippen molar-refractivity contribution < 1.29 is 0 Å². The van der Waals surface area contributed by atoms with E-state index in [-0.39, 0.29) is 5.41 Å². The molecule has 4 aliphatic rings. The Bertz CT molecular complexity index is 685. The fourth-order valence-corrected chi connectivity index (χ4v) is 6.51. The maximum Gasteiger partial charge on any atom is 0.0281 e. The Hall–Kier alpha value is -1.30. The fourth-order valence-electron chi connectivity index (χ4n) is 6.51. The molecule has 0 heterocycles. The van der Waals surface area contributed by atoms with Crippen LogP contribution in [0.25, 0.3) is 0 Å². The smallest absolute Gasteiger partial charge is 0.0281 e. The van der Waals surface area contributed by atoms with Gasteiger partial charge in [0.2, 0.25) is 0 Å². The lowest BCUT2D eigenvalue weighted by Crippen LogP contribution is -2.43. The van der Waals surface area contributed by atoms with Crippen molar-refractivity contribution in [2.75, 3.05) is 0 Å². The third kappa shape index (κ3) is 3.53. The molecule has 0 aromatic carbocycles. The van der Waals surface area contributed by atoms with Crippen LogP contribution in [-0.2, 0) is 0 Å². The summed E-state index contributed by atoms with van der Waals surface area (Å²) in [6.45, 7) is 23.9. The molecular formula is C28H44. The molecule has 0 aromatic rings. The SMILES string of the molecule is C=C1C=C[C@@]2(C)C(=C1)CCC1C2=CC[C@@]2(C)C1CC[C@@H]2C(=C)CC.CC.CC. The molecule has 4 rings (SSSR count). The van der Waals surface area contributed by atoms with Gasteiger partial charge in [-0.15, -0.1) is 0 Å². The van der Waals surface area contributed by atoms with E-state index in [0.29, 0.717) is 5.41 Å². The lowest BCUT2D eigenvalue weighted by Gasteiger charge is -2.52. The quantitative estimate of drug-likeness (QED) is 0.420. The first-order valence-electron chi connectivity index (χ1n) is 11.9. The zero-order chi connectivity index (χ0) is 21.1. The van der Waals surface area contributed by atoms with E-state index in [1.54, 1.807) is 11.1 Å². The van der Waals surface area contributed by atoms with Gasteiger partial charge in [0.1, 0.15) is 0 Å². The Morgan fingerprint density at radius 1 is 1.11 bits per heavy atom. The Kier molecular flexibility index (Phi) is 7.40. The minimum Gasteiger partial charge on any atom is -0.0996 e. The summed E-state index contributed by atoms with van der Waals surface area (Å²) in [4.78, 5) is 0. The van der Waals surface area contributed by atoms with Gasteiger partial charge in [0.05, 0.1) is 0 Å². The maximum absolute atomic E-state index is 4.43. The number of hydrogen-bond acceptors (Lipinski definition) is 0. The van der Waals surface area contributed by atoms with E-state index in [2.05, 4.69) is 58.2 Å². The van der Waals surface area contributed by atoms with Gasteiger partial charge >= 0.3 is 0 Å². The summed E-state index contributed by atoms with van der Waals surface area (Å²) < 4.78 is 0. The second-order valence-corrected chi connectivity index (χ2v) is 9.04. The van der Waals surface area contributed by atoms with Gasteiger partial charge in [-0.3, -0.25) is 0 Å². The molecule has 2 unspecified atom stereocenters. The van der Waals surface area contributed by atoms with Gasteiger partial charge in [0.25, 0.3) is 0 Å². The second-order valence-electron chi connectivity index (χ2n) is 9.04. The number of allylic oxidation sites excluding steroid dienone is 8. The van der Waals surface area contributed by atoms with Crippen LogP contribution in [0.4, 0.5) is 0 Å². The molecule has 0 saturated heterocycles. The van der Waals surface area contributed by atoms with Crippen LogP contribution in [0, 0.1) is 28.6 Å². The normalized spacial score (nSPS) is 37.7. The topological polar surface area (TPSA) is 0 Å². The van der Waals surface area contributed by atoms with Gasteiger partial charge in [-0.25, -0.2) is 0 Å². The third-order valence-electron chi connectivity index (χ3n) is 7.99. The molecule has 0 N–H and O–H groups in total. The molecule has 0 aliphatic heterocycles. The zero-order valence-corrected chi connectivity index (χ0v) is 19.7. The monoisotopic (exact) mass is 380 g/mol. The molecule has 156 valence electrons. The van der Waals surface area contributed by atoms with Crippen LogP contribution in [-0.4, -0.2) is 0 Å². The molecule has 0 radical (unpaired) electrons. The first kappa shape index (κ1) is 23.0. The fraction of sp³-hybridized carbons (Fsp3) is 0.643. The Morgan fingerprint density at radius 2 is 1.79 bits per heavy atom. The highest BCUT2D eigenvalue weighted by Crippen LogP contribution is 2.65. The summed E-state index contributed by atoms with van der Waals surface area (Å²) in [6.07, 6.45) is 17.4. The van der Waals surface area contributed by atoms with Gasteiger partial charge in [-0.1, -0.05) is 95.7 Å². The molecule has 5 atom stereocenters.